The van der Waals surface area contributed by atoms with Crippen LogP contribution < -0.4 is 13.8 Å². The van der Waals surface area contributed by atoms with E-state index < -0.39 is 16.0 Å². The van der Waals surface area contributed by atoms with Crippen LogP contribution in [0, 0.1) is 0 Å². The molecule has 21 heavy (non-hydrogen) atoms. The lowest BCUT2D eigenvalue weighted by molar-refractivity contribution is -0.136. The average Bonchev–Trinajstić information content (AvgIpc) is 2.47. The molecule has 0 fully saturated rings. The molecule has 0 unspecified atom stereocenters. The van der Waals surface area contributed by atoms with E-state index >= 15 is 0 Å². The molecule has 1 N–H and O–H groups in total. The number of carbonyl (C=O) groups is 1. The third-order valence-electron chi connectivity index (χ3n) is 2.88. The van der Waals surface area contributed by atoms with Crippen molar-refractivity contribution in [3.05, 3.63) is 18.2 Å². The zero-order valence-corrected chi connectivity index (χ0v) is 13.0. The number of anilines is 1. The summed E-state index contributed by atoms with van der Waals surface area (Å²) in [6, 6.07) is 4.68. The SMILES string of the molecule is CCS(=O)(=O)N(CCC(=O)O)c1ccc(OC)cc1OC. The zero-order chi connectivity index (χ0) is 16.0. The van der Waals surface area contributed by atoms with Gasteiger partial charge in [0.1, 0.15) is 11.5 Å². The Bertz CT molecular complexity index is 599. The van der Waals surface area contributed by atoms with E-state index in [9.17, 15) is 13.2 Å². The second kappa shape index (κ2) is 7.16. The van der Waals surface area contributed by atoms with Crippen LogP contribution in [-0.2, 0) is 14.8 Å². The van der Waals surface area contributed by atoms with Crippen LogP contribution in [0.5, 0.6) is 11.5 Å². The predicted octanol–water partition coefficient (Wildman–Crippen LogP) is 1.33. The molecule has 118 valence electrons. The molecule has 0 saturated heterocycles. The lowest BCUT2D eigenvalue weighted by Gasteiger charge is -2.25. The molecule has 0 bridgehead atoms. The van der Waals surface area contributed by atoms with Gasteiger partial charge in [-0.25, -0.2) is 8.42 Å². The monoisotopic (exact) mass is 317 g/mol. The summed E-state index contributed by atoms with van der Waals surface area (Å²) in [6.45, 7) is 1.34. The maximum absolute atomic E-state index is 12.2. The zero-order valence-electron chi connectivity index (χ0n) is 12.2. The van der Waals surface area contributed by atoms with Gasteiger partial charge in [-0.3, -0.25) is 9.10 Å². The number of hydrogen-bond donors (Lipinski definition) is 1. The highest BCUT2D eigenvalue weighted by molar-refractivity contribution is 7.92. The van der Waals surface area contributed by atoms with Crippen LogP contribution in [0.3, 0.4) is 0 Å². The van der Waals surface area contributed by atoms with Crippen LogP contribution in [0.2, 0.25) is 0 Å². The number of rotatable bonds is 8. The molecule has 0 atom stereocenters. The summed E-state index contributed by atoms with van der Waals surface area (Å²) in [4.78, 5) is 10.7. The van der Waals surface area contributed by atoms with Crippen LogP contribution in [-0.4, -0.2) is 46.0 Å². The van der Waals surface area contributed by atoms with Gasteiger partial charge in [0, 0.05) is 12.6 Å². The summed E-state index contributed by atoms with van der Waals surface area (Å²) in [5, 5.41) is 8.78. The highest BCUT2D eigenvalue weighted by atomic mass is 32.2. The fourth-order valence-electron chi connectivity index (χ4n) is 1.75. The first-order chi connectivity index (χ1) is 9.85. The summed E-state index contributed by atoms with van der Waals surface area (Å²) in [7, 11) is -0.717. The van der Waals surface area contributed by atoms with Gasteiger partial charge in [-0.05, 0) is 19.1 Å². The van der Waals surface area contributed by atoms with Gasteiger partial charge in [0.05, 0.1) is 32.1 Å². The number of hydrogen-bond acceptors (Lipinski definition) is 5. The van der Waals surface area contributed by atoms with Gasteiger partial charge in [0.15, 0.2) is 0 Å². The molecule has 0 aliphatic rings. The maximum atomic E-state index is 12.2. The van der Waals surface area contributed by atoms with Crippen molar-refractivity contribution in [1.29, 1.82) is 0 Å². The molecule has 0 spiro atoms. The number of carboxylic acids is 1. The van der Waals surface area contributed by atoms with E-state index in [1.165, 1.54) is 27.2 Å². The smallest absolute Gasteiger partial charge is 0.305 e. The van der Waals surface area contributed by atoms with E-state index in [-0.39, 0.29) is 18.7 Å². The first kappa shape index (κ1) is 17.1. The Hall–Kier alpha value is -1.96. The first-order valence-corrected chi connectivity index (χ1v) is 7.90. The van der Waals surface area contributed by atoms with Crippen molar-refractivity contribution in [3.63, 3.8) is 0 Å². The normalized spacial score (nSPS) is 11.0. The van der Waals surface area contributed by atoms with Crippen LogP contribution in [0.4, 0.5) is 5.69 Å². The van der Waals surface area contributed by atoms with Crippen molar-refractivity contribution in [3.8, 4) is 11.5 Å². The largest absolute Gasteiger partial charge is 0.497 e. The second-order valence-electron chi connectivity index (χ2n) is 4.15. The van der Waals surface area contributed by atoms with Gasteiger partial charge in [0.25, 0.3) is 0 Å². The standard InChI is InChI=1S/C13H19NO6S/c1-4-21(17,18)14(8-7-13(15)16)11-6-5-10(19-2)9-12(11)20-3/h5-6,9H,4,7-8H2,1-3H3,(H,15,16). The second-order valence-corrected chi connectivity index (χ2v) is 6.34. The third-order valence-corrected chi connectivity index (χ3v) is 4.67. The number of benzene rings is 1. The molecular weight excluding hydrogens is 298 g/mol. The van der Waals surface area contributed by atoms with E-state index in [0.717, 1.165) is 4.31 Å². The van der Waals surface area contributed by atoms with Crippen molar-refractivity contribution < 1.29 is 27.8 Å². The Morgan fingerprint density at radius 2 is 1.95 bits per heavy atom. The number of methoxy groups -OCH3 is 2. The van der Waals surface area contributed by atoms with E-state index in [0.29, 0.717) is 17.2 Å². The van der Waals surface area contributed by atoms with Gasteiger partial charge in [-0.2, -0.15) is 0 Å². The molecule has 0 heterocycles. The molecule has 7 nitrogen and oxygen atoms in total. The molecule has 0 aliphatic carbocycles. The summed E-state index contributed by atoms with van der Waals surface area (Å²) >= 11 is 0. The molecule has 0 aromatic heterocycles. The van der Waals surface area contributed by atoms with Crippen LogP contribution in [0.1, 0.15) is 13.3 Å². The Kier molecular flexibility index (Phi) is 5.83. The van der Waals surface area contributed by atoms with Gasteiger partial charge < -0.3 is 14.6 Å². The van der Waals surface area contributed by atoms with Crippen molar-refractivity contribution in [2.75, 3.05) is 30.8 Å². The third kappa shape index (κ3) is 4.25. The minimum Gasteiger partial charge on any atom is -0.497 e. The molecule has 8 heteroatoms. The van der Waals surface area contributed by atoms with Gasteiger partial charge in [0.2, 0.25) is 10.0 Å². The topological polar surface area (TPSA) is 93.1 Å². The van der Waals surface area contributed by atoms with Gasteiger partial charge in [-0.15, -0.1) is 0 Å². The summed E-state index contributed by atoms with van der Waals surface area (Å²) < 4.78 is 35.7. The Morgan fingerprint density at radius 1 is 1.29 bits per heavy atom. The molecule has 1 aromatic rings. The fraction of sp³-hybridized carbons (Fsp3) is 0.462. The average molecular weight is 317 g/mol. The van der Waals surface area contributed by atoms with Crippen LogP contribution in [0.15, 0.2) is 18.2 Å². The van der Waals surface area contributed by atoms with E-state index in [2.05, 4.69) is 0 Å². The fourth-order valence-corrected chi connectivity index (χ4v) is 2.89. The number of nitrogens with zero attached hydrogens (tertiary/aromatic N) is 1. The van der Waals surface area contributed by atoms with E-state index in [4.69, 9.17) is 14.6 Å². The number of sulfonamides is 1. The number of ether oxygens (including phenoxy) is 2. The summed E-state index contributed by atoms with van der Waals surface area (Å²) in [5.74, 6) is -0.389. The lowest BCUT2D eigenvalue weighted by Crippen LogP contribution is -2.34. The van der Waals surface area contributed by atoms with E-state index in [1.54, 1.807) is 12.1 Å². The van der Waals surface area contributed by atoms with Crippen LogP contribution >= 0.6 is 0 Å². The highest BCUT2D eigenvalue weighted by Crippen LogP contribution is 2.34. The van der Waals surface area contributed by atoms with Crippen LogP contribution in [0.25, 0.3) is 0 Å². The summed E-state index contributed by atoms with van der Waals surface area (Å²) in [6.07, 6.45) is -0.297. The van der Waals surface area contributed by atoms with Crippen molar-refractivity contribution in [2.24, 2.45) is 0 Å². The van der Waals surface area contributed by atoms with Crippen molar-refractivity contribution in [2.45, 2.75) is 13.3 Å². The number of carboxylic acid groups (broad SMARTS) is 1. The molecule has 0 radical (unpaired) electrons. The maximum Gasteiger partial charge on any atom is 0.305 e. The van der Waals surface area contributed by atoms with E-state index in [1.807, 2.05) is 0 Å². The van der Waals surface area contributed by atoms with Crippen molar-refractivity contribution >= 4 is 21.7 Å². The minimum atomic E-state index is -3.61. The van der Waals surface area contributed by atoms with Gasteiger partial charge >= 0.3 is 5.97 Å². The molecule has 0 saturated carbocycles. The lowest BCUT2D eigenvalue weighted by atomic mass is 10.2. The Morgan fingerprint density at radius 3 is 2.43 bits per heavy atom. The van der Waals surface area contributed by atoms with Crippen molar-refractivity contribution in [1.82, 2.24) is 0 Å². The highest BCUT2D eigenvalue weighted by Gasteiger charge is 2.24. The first-order valence-electron chi connectivity index (χ1n) is 6.30. The molecular formula is C13H19NO6S. The summed E-state index contributed by atoms with van der Waals surface area (Å²) in [5.41, 5.74) is 0.293. The predicted molar refractivity (Wildman–Crippen MR) is 78.6 cm³/mol. The number of aliphatic carboxylic acids is 1. The quantitative estimate of drug-likeness (QED) is 0.777. The molecule has 0 aliphatic heterocycles. The minimum absolute atomic E-state index is 0.137. The molecule has 0 amide bonds. The molecule has 1 rings (SSSR count). The Balaban J connectivity index is 3.28. The Labute approximate surface area is 124 Å². The molecule has 1 aromatic carbocycles. The van der Waals surface area contributed by atoms with Gasteiger partial charge in [-0.1, -0.05) is 0 Å².